The van der Waals surface area contributed by atoms with Crippen molar-refractivity contribution >= 4 is 11.7 Å². The third-order valence-electron chi connectivity index (χ3n) is 2.86. The van der Waals surface area contributed by atoms with Crippen LogP contribution >= 0.6 is 0 Å². The van der Waals surface area contributed by atoms with Gasteiger partial charge in [0.05, 0.1) is 18.7 Å². The van der Waals surface area contributed by atoms with Gasteiger partial charge < -0.3 is 15.2 Å². The fourth-order valence-electron chi connectivity index (χ4n) is 2.04. The van der Waals surface area contributed by atoms with Crippen molar-refractivity contribution in [3.8, 4) is 5.75 Å². The molecule has 0 bridgehead atoms. The first-order valence-electron chi connectivity index (χ1n) is 5.44. The molecule has 0 unspecified atom stereocenters. The number of aliphatic hydroxyl groups excluding tert-OH is 1. The van der Waals surface area contributed by atoms with Gasteiger partial charge in [0.2, 0.25) is 0 Å². The Morgan fingerprint density at radius 2 is 2.06 bits per heavy atom. The van der Waals surface area contributed by atoms with E-state index in [1.54, 1.807) is 24.3 Å². The summed E-state index contributed by atoms with van der Waals surface area (Å²) in [5.74, 6) is -0.951. The summed E-state index contributed by atoms with van der Waals surface area (Å²) in [5.41, 5.74) is 0.715. The Bertz CT molecular complexity index is 548. The van der Waals surface area contributed by atoms with Crippen molar-refractivity contribution in [2.45, 2.75) is 13.0 Å². The number of carbonyl (C=O) groups excluding carboxylic acids is 2. The van der Waals surface area contributed by atoms with E-state index in [1.165, 1.54) is 14.0 Å². The second-order valence-electron chi connectivity index (χ2n) is 3.97. The van der Waals surface area contributed by atoms with Gasteiger partial charge in [-0.15, -0.1) is 0 Å². The zero-order chi connectivity index (χ0) is 13.3. The molecular weight excluding hydrogens is 234 g/mol. The number of methoxy groups -OCH3 is 1. The van der Waals surface area contributed by atoms with Gasteiger partial charge in [0.25, 0.3) is 5.91 Å². The molecule has 1 aliphatic heterocycles. The molecule has 0 saturated carbocycles. The lowest BCUT2D eigenvalue weighted by Gasteiger charge is -2.16. The van der Waals surface area contributed by atoms with Crippen LogP contribution in [0, 0.1) is 0 Å². The Morgan fingerprint density at radius 1 is 1.39 bits per heavy atom. The monoisotopic (exact) mass is 247 g/mol. The molecule has 1 aromatic rings. The van der Waals surface area contributed by atoms with Crippen molar-refractivity contribution in [2.75, 3.05) is 7.11 Å². The van der Waals surface area contributed by atoms with Gasteiger partial charge in [-0.3, -0.25) is 9.59 Å². The molecule has 1 aromatic carbocycles. The first kappa shape index (κ1) is 12.2. The number of para-hydroxylation sites is 1. The lowest BCUT2D eigenvalue weighted by Crippen LogP contribution is -2.23. The van der Waals surface area contributed by atoms with Crippen LogP contribution in [0.15, 0.2) is 35.6 Å². The second-order valence-corrected chi connectivity index (χ2v) is 3.97. The van der Waals surface area contributed by atoms with Crippen LogP contribution in [0.25, 0.3) is 0 Å². The Kier molecular flexibility index (Phi) is 3.06. The van der Waals surface area contributed by atoms with E-state index < -0.39 is 17.7 Å². The molecule has 5 heteroatoms. The average molecular weight is 247 g/mol. The quantitative estimate of drug-likeness (QED) is 0.843. The molecule has 0 aromatic heterocycles. The zero-order valence-electron chi connectivity index (χ0n) is 10.1. The minimum atomic E-state index is -0.661. The summed E-state index contributed by atoms with van der Waals surface area (Å²) in [6.07, 6.45) is 0. The highest BCUT2D eigenvalue weighted by Crippen LogP contribution is 2.34. The number of ether oxygens (including phenoxy) is 1. The molecule has 0 saturated heterocycles. The maximum absolute atomic E-state index is 11.5. The molecule has 0 radical (unpaired) electrons. The number of hydrogen-bond acceptors (Lipinski definition) is 4. The molecule has 0 fully saturated rings. The van der Waals surface area contributed by atoms with Crippen LogP contribution in [0.4, 0.5) is 0 Å². The van der Waals surface area contributed by atoms with Gasteiger partial charge in [-0.2, -0.15) is 0 Å². The van der Waals surface area contributed by atoms with E-state index in [0.29, 0.717) is 11.3 Å². The molecule has 1 heterocycles. The third kappa shape index (κ3) is 1.84. The Hall–Kier alpha value is -2.30. The van der Waals surface area contributed by atoms with Crippen molar-refractivity contribution < 1.29 is 19.4 Å². The van der Waals surface area contributed by atoms with Crippen molar-refractivity contribution in [3.63, 3.8) is 0 Å². The summed E-state index contributed by atoms with van der Waals surface area (Å²) in [6.45, 7) is 1.31. The van der Waals surface area contributed by atoms with Gasteiger partial charge in [-0.25, -0.2) is 0 Å². The zero-order valence-corrected chi connectivity index (χ0v) is 10.1. The Balaban J connectivity index is 2.52. The van der Waals surface area contributed by atoms with E-state index in [9.17, 15) is 14.7 Å². The maximum Gasteiger partial charge on any atom is 0.287 e. The van der Waals surface area contributed by atoms with Gasteiger partial charge >= 0.3 is 0 Å². The number of nitrogens with one attached hydrogen (secondary N) is 1. The summed E-state index contributed by atoms with van der Waals surface area (Å²) in [5, 5.41) is 12.2. The topological polar surface area (TPSA) is 75.6 Å². The predicted octanol–water partition coefficient (Wildman–Crippen LogP) is 1.27. The van der Waals surface area contributed by atoms with Crippen LogP contribution in [0.5, 0.6) is 5.75 Å². The molecule has 1 amide bonds. The van der Waals surface area contributed by atoms with Gasteiger partial charge in [-0.05, 0) is 13.0 Å². The van der Waals surface area contributed by atoms with Crippen LogP contribution in [0.1, 0.15) is 18.5 Å². The third-order valence-corrected chi connectivity index (χ3v) is 2.86. The molecule has 0 spiro atoms. The van der Waals surface area contributed by atoms with Crippen molar-refractivity contribution in [3.05, 3.63) is 41.2 Å². The largest absolute Gasteiger partial charge is 0.503 e. The van der Waals surface area contributed by atoms with E-state index in [0.717, 1.165) is 0 Å². The Labute approximate surface area is 104 Å². The van der Waals surface area contributed by atoms with Gasteiger partial charge in [0.1, 0.15) is 5.75 Å². The first-order chi connectivity index (χ1) is 8.56. The number of amides is 1. The van der Waals surface area contributed by atoms with Gasteiger partial charge in [0, 0.05) is 5.56 Å². The first-order valence-corrected chi connectivity index (χ1v) is 5.44. The van der Waals surface area contributed by atoms with Crippen LogP contribution in [0.2, 0.25) is 0 Å². The molecule has 5 nitrogen and oxygen atoms in total. The lowest BCUT2D eigenvalue weighted by atomic mass is 9.97. The van der Waals surface area contributed by atoms with Crippen LogP contribution < -0.4 is 10.1 Å². The van der Waals surface area contributed by atoms with E-state index in [4.69, 9.17) is 4.74 Å². The minimum absolute atomic E-state index is 0.0736. The number of hydrogen-bond donors (Lipinski definition) is 2. The van der Waals surface area contributed by atoms with E-state index in [2.05, 4.69) is 5.32 Å². The molecule has 18 heavy (non-hydrogen) atoms. The summed E-state index contributed by atoms with van der Waals surface area (Å²) >= 11 is 0. The number of rotatable bonds is 3. The van der Waals surface area contributed by atoms with Crippen LogP contribution in [-0.4, -0.2) is 23.9 Å². The number of benzene rings is 1. The van der Waals surface area contributed by atoms with Gasteiger partial charge in [0.15, 0.2) is 11.5 Å². The lowest BCUT2D eigenvalue weighted by molar-refractivity contribution is -0.119. The molecule has 2 N–H and O–H groups in total. The van der Waals surface area contributed by atoms with Crippen LogP contribution in [-0.2, 0) is 9.59 Å². The standard InChI is InChI=1S/C13H13NO4/c1-7(15)10-11(14-13(17)12(10)16)8-5-3-4-6-9(8)18-2/h3-6,11,16H,1-2H3,(H,14,17)/t11-/m0/s1. The Morgan fingerprint density at radius 3 is 2.67 bits per heavy atom. The van der Waals surface area contributed by atoms with E-state index in [-0.39, 0.29) is 11.4 Å². The molecule has 1 aliphatic rings. The molecule has 94 valence electrons. The molecule has 0 aliphatic carbocycles. The average Bonchev–Trinajstić information content (AvgIpc) is 2.65. The van der Waals surface area contributed by atoms with E-state index >= 15 is 0 Å². The van der Waals surface area contributed by atoms with Crippen molar-refractivity contribution in [2.24, 2.45) is 0 Å². The fourth-order valence-corrected chi connectivity index (χ4v) is 2.04. The molecule has 2 rings (SSSR count). The summed E-state index contributed by atoms with van der Waals surface area (Å²) < 4.78 is 5.19. The number of Topliss-reactive ketones (excluding diaryl/α,β-unsaturated/α-hetero) is 1. The number of aliphatic hydroxyl groups is 1. The van der Waals surface area contributed by atoms with Gasteiger partial charge in [-0.1, -0.05) is 18.2 Å². The van der Waals surface area contributed by atoms with Crippen molar-refractivity contribution in [1.82, 2.24) is 5.32 Å². The SMILES string of the molecule is COc1ccccc1[C@@H]1NC(=O)C(O)=C1C(C)=O. The minimum Gasteiger partial charge on any atom is -0.503 e. The summed E-state index contributed by atoms with van der Waals surface area (Å²) in [4.78, 5) is 23.0. The highest BCUT2D eigenvalue weighted by atomic mass is 16.5. The summed E-state index contributed by atoms with van der Waals surface area (Å²) in [6, 6.07) is 6.37. The highest BCUT2D eigenvalue weighted by molar-refractivity contribution is 6.08. The van der Waals surface area contributed by atoms with Crippen molar-refractivity contribution in [1.29, 1.82) is 0 Å². The fraction of sp³-hybridized carbons (Fsp3) is 0.231. The highest BCUT2D eigenvalue weighted by Gasteiger charge is 2.36. The number of ketones is 1. The summed E-state index contributed by atoms with van der Waals surface area (Å²) in [7, 11) is 1.51. The number of carbonyl (C=O) groups is 2. The molecular formula is C13H13NO4. The molecule has 1 atom stereocenters. The van der Waals surface area contributed by atoms with E-state index in [1.807, 2.05) is 0 Å². The normalized spacial score (nSPS) is 18.8. The smallest absolute Gasteiger partial charge is 0.287 e. The predicted molar refractivity (Wildman–Crippen MR) is 64.2 cm³/mol. The second kappa shape index (κ2) is 4.52. The maximum atomic E-state index is 11.5. The van der Waals surface area contributed by atoms with Crippen LogP contribution in [0.3, 0.4) is 0 Å².